The van der Waals surface area contributed by atoms with E-state index in [9.17, 15) is 8.78 Å². The van der Waals surface area contributed by atoms with Gasteiger partial charge in [-0.3, -0.25) is 0 Å². The Morgan fingerprint density at radius 2 is 2.00 bits per heavy atom. The predicted molar refractivity (Wildman–Crippen MR) is 49.6 cm³/mol. The molecule has 0 aliphatic heterocycles. The number of hydrogen-bond donors (Lipinski definition) is 0. The van der Waals surface area contributed by atoms with E-state index in [1.54, 1.807) is 0 Å². The SMILES string of the molecule is FC(F)c1c(Cl)ncc(Br)c1Br. The van der Waals surface area contributed by atoms with E-state index < -0.39 is 6.43 Å². The summed E-state index contributed by atoms with van der Waals surface area (Å²) in [7, 11) is 0. The summed E-state index contributed by atoms with van der Waals surface area (Å²) in [5.41, 5.74) is -0.286. The average molecular weight is 321 g/mol. The van der Waals surface area contributed by atoms with Crippen LogP contribution in [0.4, 0.5) is 8.78 Å². The molecule has 0 aromatic carbocycles. The molecule has 1 heterocycles. The van der Waals surface area contributed by atoms with Crippen LogP contribution in [0.25, 0.3) is 0 Å². The normalized spacial score (nSPS) is 10.8. The summed E-state index contributed by atoms with van der Waals surface area (Å²) < 4.78 is 25.3. The first-order chi connectivity index (χ1) is 5.54. The number of aromatic nitrogens is 1. The average Bonchev–Trinajstić information content (AvgIpc) is 1.97. The molecule has 0 atom stereocenters. The lowest BCUT2D eigenvalue weighted by atomic mass is 10.3. The minimum atomic E-state index is -2.63. The second-order valence-electron chi connectivity index (χ2n) is 1.93. The maximum absolute atomic E-state index is 12.3. The lowest BCUT2D eigenvalue weighted by Crippen LogP contribution is -1.91. The van der Waals surface area contributed by atoms with Crippen LogP contribution in [0.5, 0.6) is 0 Å². The smallest absolute Gasteiger partial charge is 0.243 e. The molecule has 0 unspecified atom stereocenters. The molecule has 0 aliphatic rings. The number of hydrogen-bond acceptors (Lipinski definition) is 1. The lowest BCUT2D eigenvalue weighted by molar-refractivity contribution is 0.150. The fourth-order valence-electron chi connectivity index (χ4n) is 0.645. The van der Waals surface area contributed by atoms with Gasteiger partial charge in [-0.25, -0.2) is 13.8 Å². The highest BCUT2D eigenvalue weighted by Gasteiger charge is 2.18. The first-order valence-corrected chi connectivity index (χ1v) is 4.78. The molecular weight excluding hydrogens is 319 g/mol. The Morgan fingerprint density at radius 3 is 2.42 bits per heavy atom. The number of nitrogens with zero attached hydrogens (tertiary/aromatic N) is 1. The molecule has 66 valence electrons. The van der Waals surface area contributed by atoms with E-state index >= 15 is 0 Å². The van der Waals surface area contributed by atoms with Crippen molar-refractivity contribution in [3.63, 3.8) is 0 Å². The van der Waals surface area contributed by atoms with E-state index in [1.807, 2.05) is 0 Å². The minimum Gasteiger partial charge on any atom is -0.243 e. The van der Waals surface area contributed by atoms with Gasteiger partial charge in [0.05, 0.1) is 10.0 Å². The maximum atomic E-state index is 12.3. The summed E-state index contributed by atoms with van der Waals surface area (Å²) >= 11 is 11.5. The molecule has 0 amide bonds. The van der Waals surface area contributed by atoms with Crippen LogP contribution in [-0.4, -0.2) is 4.98 Å². The molecule has 0 radical (unpaired) electrons. The largest absolute Gasteiger partial charge is 0.267 e. The summed E-state index contributed by atoms with van der Waals surface area (Å²) in [6.07, 6.45) is -1.27. The van der Waals surface area contributed by atoms with Gasteiger partial charge in [-0.2, -0.15) is 0 Å². The Kier molecular flexibility index (Phi) is 3.43. The van der Waals surface area contributed by atoms with Crippen molar-refractivity contribution < 1.29 is 8.78 Å². The van der Waals surface area contributed by atoms with Crippen molar-refractivity contribution in [2.45, 2.75) is 6.43 Å². The highest BCUT2D eigenvalue weighted by atomic mass is 79.9. The van der Waals surface area contributed by atoms with Crippen molar-refractivity contribution in [2.24, 2.45) is 0 Å². The van der Waals surface area contributed by atoms with Crippen molar-refractivity contribution in [3.8, 4) is 0 Å². The minimum absolute atomic E-state index is 0.180. The molecule has 1 aromatic rings. The molecule has 0 fully saturated rings. The van der Waals surface area contributed by atoms with E-state index in [4.69, 9.17) is 11.6 Å². The quantitative estimate of drug-likeness (QED) is 0.707. The molecule has 0 spiro atoms. The van der Waals surface area contributed by atoms with Gasteiger partial charge in [-0.1, -0.05) is 11.6 Å². The topological polar surface area (TPSA) is 12.9 Å². The van der Waals surface area contributed by atoms with Crippen LogP contribution < -0.4 is 0 Å². The number of alkyl halides is 2. The van der Waals surface area contributed by atoms with Gasteiger partial charge in [0.15, 0.2) is 0 Å². The van der Waals surface area contributed by atoms with Crippen LogP contribution in [0.2, 0.25) is 5.15 Å². The van der Waals surface area contributed by atoms with Crippen molar-refractivity contribution in [3.05, 3.63) is 25.9 Å². The second kappa shape index (κ2) is 3.98. The van der Waals surface area contributed by atoms with Crippen molar-refractivity contribution in [2.75, 3.05) is 0 Å². The van der Waals surface area contributed by atoms with Gasteiger partial charge in [0.25, 0.3) is 6.43 Å². The lowest BCUT2D eigenvalue weighted by Gasteiger charge is -2.05. The van der Waals surface area contributed by atoms with Crippen LogP contribution in [0.3, 0.4) is 0 Å². The molecule has 0 saturated heterocycles. The Labute approximate surface area is 89.4 Å². The molecule has 1 aromatic heterocycles. The summed E-state index contributed by atoms with van der Waals surface area (Å²) in [6.45, 7) is 0. The Hall–Kier alpha value is 0.260. The zero-order valence-electron chi connectivity index (χ0n) is 5.49. The summed E-state index contributed by atoms with van der Waals surface area (Å²) in [4.78, 5) is 3.57. The van der Waals surface area contributed by atoms with E-state index in [2.05, 4.69) is 36.8 Å². The monoisotopic (exact) mass is 319 g/mol. The fraction of sp³-hybridized carbons (Fsp3) is 0.167. The number of pyridine rings is 1. The van der Waals surface area contributed by atoms with E-state index in [0.29, 0.717) is 4.47 Å². The standard InChI is InChI=1S/C6H2Br2ClF2N/c7-2-1-12-5(9)3(4(2)8)6(10)11/h1,6H. The third-order valence-electron chi connectivity index (χ3n) is 1.18. The first kappa shape index (κ1) is 10.3. The summed E-state index contributed by atoms with van der Waals surface area (Å²) in [5, 5.41) is -0.180. The highest BCUT2D eigenvalue weighted by Crippen LogP contribution is 2.36. The van der Waals surface area contributed by atoms with E-state index in [-0.39, 0.29) is 15.2 Å². The molecule has 1 nitrogen and oxygen atoms in total. The molecule has 12 heavy (non-hydrogen) atoms. The molecule has 0 saturated carbocycles. The molecule has 1 rings (SSSR count). The number of halogens is 5. The van der Waals surface area contributed by atoms with Crippen LogP contribution in [-0.2, 0) is 0 Å². The van der Waals surface area contributed by atoms with Crippen molar-refractivity contribution >= 4 is 43.5 Å². The zero-order chi connectivity index (χ0) is 9.30. The zero-order valence-corrected chi connectivity index (χ0v) is 9.42. The predicted octanol–water partition coefficient (Wildman–Crippen LogP) is 4.20. The van der Waals surface area contributed by atoms with Crippen LogP contribution >= 0.6 is 43.5 Å². The van der Waals surface area contributed by atoms with Gasteiger partial charge < -0.3 is 0 Å². The van der Waals surface area contributed by atoms with Crippen molar-refractivity contribution in [1.29, 1.82) is 0 Å². The third kappa shape index (κ3) is 1.95. The van der Waals surface area contributed by atoms with Gasteiger partial charge in [0.1, 0.15) is 5.15 Å². The van der Waals surface area contributed by atoms with Crippen LogP contribution in [0.15, 0.2) is 15.1 Å². The van der Waals surface area contributed by atoms with Crippen LogP contribution in [0, 0.1) is 0 Å². The maximum Gasteiger partial charge on any atom is 0.267 e. The van der Waals surface area contributed by atoms with E-state index in [0.717, 1.165) is 0 Å². The van der Waals surface area contributed by atoms with Gasteiger partial charge in [0.2, 0.25) is 0 Å². The highest BCUT2D eigenvalue weighted by molar-refractivity contribution is 9.13. The van der Waals surface area contributed by atoms with Crippen LogP contribution in [0.1, 0.15) is 12.0 Å². The summed E-state index contributed by atoms with van der Waals surface area (Å²) in [5.74, 6) is 0. The Morgan fingerprint density at radius 1 is 1.42 bits per heavy atom. The molecule has 6 heteroatoms. The molecule has 0 bridgehead atoms. The van der Waals surface area contributed by atoms with Gasteiger partial charge in [0, 0.05) is 10.7 Å². The first-order valence-electron chi connectivity index (χ1n) is 2.81. The van der Waals surface area contributed by atoms with Gasteiger partial charge in [-0.05, 0) is 31.9 Å². The second-order valence-corrected chi connectivity index (χ2v) is 3.93. The summed E-state index contributed by atoms with van der Waals surface area (Å²) in [6, 6.07) is 0. The molecule has 0 aliphatic carbocycles. The Balaban J connectivity index is 3.33. The van der Waals surface area contributed by atoms with E-state index in [1.165, 1.54) is 6.20 Å². The van der Waals surface area contributed by atoms with Gasteiger partial charge in [-0.15, -0.1) is 0 Å². The fourth-order valence-corrected chi connectivity index (χ4v) is 1.76. The third-order valence-corrected chi connectivity index (χ3v) is 3.47. The number of rotatable bonds is 1. The molecule has 0 N–H and O–H groups in total. The molecular formula is C6H2Br2ClF2N. The van der Waals surface area contributed by atoms with Gasteiger partial charge >= 0.3 is 0 Å². The van der Waals surface area contributed by atoms with Crippen molar-refractivity contribution in [1.82, 2.24) is 4.98 Å². The Bertz CT molecular complexity index is 306.